The molecule has 1 aliphatic rings. The minimum atomic E-state index is 0.523. The highest BCUT2D eigenvalue weighted by molar-refractivity contribution is 4.73. The summed E-state index contributed by atoms with van der Waals surface area (Å²) in [5.74, 6) is 1.89. The number of unbranched alkanes of at least 4 members (excludes halogenated alkanes) is 2. The van der Waals surface area contributed by atoms with Crippen molar-refractivity contribution in [2.75, 3.05) is 19.6 Å². The van der Waals surface area contributed by atoms with Crippen molar-refractivity contribution in [3.8, 4) is 0 Å². The van der Waals surface area contributed by atoms with Gasteiger partial charge in [-0.3, -0.25) is 0 Å². The third kappa shape index (κ3) is 8.68. The molecule has 1 saturated heterocycles. The van der Waals surface area contributed by atoms with Crippen LogP contribution in [0.1, 0.15) is 79.6 Å². The van der Waals surface area contributed by atoms with E-state index in [1.807, 2.05) is 0 Å². The second kappa shape index (κ2) is 8.29. The lowest BCUT2D eigenvalue weighted by Gasteiger charge is -2.32. The molecule has 0 aromatic heterocycles. The Kier molecular flexibility index (Phi) is 7.42. The first-order valence-electron chi connectivity index (χ1n) is 8.59. The number of piperidine rings is 1. The number of hydrogen-bond donors (Lipinski definition) is 0. The number of likely N-dealkylation sites (tertiary alicyclic amines) is 1. The fraction of sp³-hybridized carbons (Fsp3) is 1.00. The fourth-order valence-corrected chi connectivity index (χ4v) is 3.28. The summed E-state index contributed by atoms with van der Waals surface area (Å²) in [5, 5.41) is 0. The van der Waals surface area contributed by atoms with Gasteiger partial charge in [0, 0.05) is 0 Å². The van der Waals surface area contributed by atoms with Gasteiger partial charge in [-0.15, -0.1) is 0 Å². The molecule has 19 heavy (non-hydrogen) atoms. The molecule has 0 radical (unpaired) electrons. The second-order valence-corrected chi connectivity index (χ2v) is 8.29. The van der Waals surface area contributed by atoms with Crippen molar-refractivity contribution in [3.05, 3.63) is 0 Å². The van der Waals surface area contributed by atoms with Crippen molar-refractivity contribution in [2.24, 2.45) is 17.3 Å². The Hall–Kier alpha value is -0.0400. The largest absolute Gasteiger partial charge is 0.303 e. The Morgan fingerprint density at radius 1 is 1.00 bits per heavy atom. The first-order valence-corrected chi connectivity index (χ1v) is 8.59. The van der Waals surface area contributed by atoms with E-state index in [9.17, 15) is 0 Å². The number of nitrogens with zero attached hydrogens (tertiary/aromatic N) is 1. The van der Waals surface area contributed by atoms with Crippen LogP contribution in [0.5, 0.6) is 0 Å². The molecule has 1 nitrogen and oxygen atoms in total. The topological polar surface area (TPSA) is 3.24 Å². The average Bonchev–Trinajstić information content (AvgIpc) is 2.28. The van der Waals surface area contributed by atoms with Crippen molar-refractivity contribution in [3.63, 3.8) is 0 Å². The predicted molar refractivity (Wildman–Crippen MR) is 86.5 cm³/mol. The minimum Gasteiger partial charge on any atom is -0.303 e. The standard InChI is InChI=1S/C18H37N/c1-16(2)15-17-9-13-19(14-10-17)12-8-6-7-11-18(3,4)5/h16-17H,6-15H2,1-5H3. The summed E-state index contributed by atoms with van der Waals surface area (Å²) in [5.41, 5.74) is 0.523. The Morgan fingerprint density at radius 3 is 2.16 bits per heavy atom. The molecule has 1 fully saturated rings. The summed E-state index contributed by atoms with van der Waals surface area (Å²) in [4.78, 5) is 2.70. The maximum absolute atomic E-state index is 2.70. The zero-order chi connectivity index (χ0) is 14.3. The van der Waals surface area contributed by atoms with Crippen molar-refractivity contribution in [1.82, 2.24) is 4.90 Å². The van der Waals surface area contributed by atoms with E-state index < -0.39 is 0 Å². The summed E-state index contributed by atoms with van der Waals surface area (Å²) in [6.45, 7) is 15.8. The van der Waals surface area contributed by atoms with Gasteiger partial charge in [0.15, 0.2) is 0 Å². The molecule has 0 spiro atoms. The van der Waals surface area contributed by atoms with Gasteiger partial charge in [0.25, 0.3) is 0 Å². The normalized spacial score (nSPS) is 19.3. The Labute approximate surface area is 122 Å². The molecule has 114 valence electrons. The summed E-state index contributed by atoms with van der Waals surface area (Å²) in [6, 6.07) is 0. The van der Waals surface area contributed by atoms with Gasteiger partial charge in [0.05, 0.1) is 0 Å². The van der Waals surface area contributed by atoms with Crippen molar-refractivity contribution >= 4 is 0 Å². The van der Waals surface area contributed by atoms with Crippen LogP contribution >= 0.6 is 0 Å². The van der Waals surface area contributed by atoms with Crippen molar-refractivity contribution < 1.29 is 0 Å². The van der Waals surface area contributed by atoms with Crippen molar-refractivity contribution in [1.29, 1.82) is 0 Å². The Bertz CT molecular complexity index is 218. The highest BCUT2D eigenvalue weighted by Crippen LogP contribution is 2.25. The van der Waals surface area contributed by atoms with Crippen LogP contribution in [0.2, 0.25) is 0 Å². The SMILES string of the molecule is CC(C)CC1CCN(CCCCCC(C)(C)C)CC1. The first kappa shape index (κ1) is 17.0. The lowest BCUT2D eigenvalue weighted by Crippen LogP contribution is -2.34. The second-order valence-electron chi connectivity index (χ2n) is 8.29. The molecule has 1 heterocycles. The van der Waals surface area contributed by atoms with E-state index in [1.165, 1.54) is 64.6 Å². The molecule has 0 saturated carbocycles. The summed E-state index contributed by atoms with van der Waals surface area (Å²) in [6.07, 6.45) is 9.95. The van der Waals surface area contributed by atoms with Crippen LogP contribution in [-0.2, 0) is 0 Å². The number of rotatable bonds is 7. The molecule has 0 amide bonds. The van der Waals surface area contributed by atoms with E-state index in [-0.39, 0.29) is 0 Å². The highest BCUT2D eigenvalue weighted by Gasteiger charge is 2.19. The highest BCUT2D eigenvalue weighted by atomic mass is 15.1. The molecular formula is C18H37N. The van der Waals surface area contributed by atoms with Crippen LogP contribution in [0.4, 0.5) is 0 Å². The van der Waals surface area contributed by atoms with E-state index in [4.69, 9.17) is 0 Å². The first-order chi connectivity index (χ1) is 8.87. The number of hydrogen-bond acceptors (Lipinski definition) is 1. The Morgan fingerprint density at radius 2 is 1.63 bits per heavy atom. The van der Waals surface area contributed by atoms with Gasteiger partial charge in [0.2, 0.25) is 0 Å². The minimum absolute atomic E-state index is 0.523. The van der Waals surface area contributed by atoms with Gasteiger partial charge < -0.3 is 4.90 Å². The zero-order valence-electron chi connectivity index (χ0n) is 14.2. The predicted octanol–water partition coefficient (Wildman–Crippen LogP) is 5.35. The van der Waals surface area contributed by atoms with Crippen molar-refractivity contribution in [2.45, 2.75) is 79.6 Å². The van der Waals surface area contributed by atoms with E-state index in [0.717, 1.165) is 11.8 Å². The third-order valence-electron chi connectivity index (χ3n) is 4.41. The zero-order valence-corrected chi connectivity index (χ0v) is 14.2. The smallest absolute Gasteiger partial charge is 0.00161 e. The van der Waals surface area contributed by atoms with Gasteiger partial charge in [0.1, 0.15) is 0 Å². The quantitative estimate of drug-likeness (QED) is 0.562. The third-order valence-corrected chi connectivity index (χ3v) is 4.41. The molecule has 1 aliphatic heterocycles. The van der Waals surface area contributed by atoms with Crippen LogP contribution in [0.15, 0.2) is 0 Å². The average molecular weight is 268 g/mol. The van der Waals surface area contributed by atoms with E-state index in [2.05, 4.69) is 39.5 Å². The molecule has 0 bridgehead atoms. The molecule has 0 unspecified atom stereocenters. The monoisotopic (exact) mass is 267 g/mol. The molecule has 0 aromatic rings. The van der Waals surface area contributed by atoms with Crippen LogP contribution in [0.25, 0.3) is 0 Å². The summed E-state index contributed by atoms with van der Waals surface area (Å²) >= 11 is 0. The molecule has 0 aliphatic carbocycles. The van der Waals surface area contributed by atoms with Crippen LogP contribution in [-0.4, -0.2) is 24.5 Å². The lowest BCUT2D eigenvalue weighted by atomic mass is 9.88. The fourth-order valence-electron chi connectivity index (χ4n) is 3.28. The van der Waals surface area contributed by atoms with Gasteiger partial charge in [-0.1, -0.05) is 47.5 Å². The van der Waals surface area contributed by atoms with E-state index >= 15 is 0 Å². The van der Waals surface area contributed by atoms with Gasteiger partial charge in [-0.25, -0.2) is 0 Å². The maximum atomic E-state index is 2.70. The molecule has 1 heteroatoms. The molecule has 0 aromatic carbocycles. The molecule has 0 N–H and O–H groups in total. The van der Waals surface area contributed by atoms with Gasteiger partial charge in [-0.05, 0) is 69.0 Å². The summed E-state index contributed by atoms with van der Waals surface area (Å²) in [7, 11) is 0. The molecule has 1 rings (SSSR count). The molecule has 0 atom stereocenters. The van der Waals surface area contributed by atoms with Gasteiger partial charge >= 0.3 is 0 Å². The lowest BCUT2D eigenvalue weighted by molar-refractivity contribution is 0.167. The van der Waals surface area contributed by atoms with Crippen LogP contribution in [0, 0.1) is 17.3 Å². The summed E-state index contributed by atoms with van der Waals surface area (Å²) < 4.78 is 0. The van der Waals surface area contributed by atoms with Crippen LogP contribution in [0.3, 0.4) is 0 Å². The van der Waals surface area contributed by atoms with Gasteiger partial charge in [-0.2, -0.15) is 0 Å². The Balaban J connectivity index is 2.01. The van der Waals surface area contributed by atoms with E-state index in [0.29, 0.717) is 5.41 Å². The molecular weight excluding hydrogens is 230 g/mol. The van der Waals surface area contributed by atoms with E-state index in [1.54, 1.807) is 0 Å². The maximum Gasteiger partial charge on any atom is -0.00161 e. The van der Waals surface area contributed by atoms with Crippen LogP contribution < -0.4 is 0 Å².